The van der Waals surface area contributed by atoms with Crippen LogP contribution in [0, 0.1) is 0 Å². The number of amides is 2. The number of halogens is 1. The van der Waals surface area contributed by atoms with Crippen molar-refractivity contribution in [3.63, 3.8) is 0 Å². The van der Waals surface area contributed by atoms with Crippen molar-refractivity contribution in [3.05, 3.63) is 64.7 Å². The molecule has 2 rings (SSSR count). The Morgan fingerprint density at radius 1 is 1.15 bits per heavy atom. The third kappa shape index (κ3) is 6.04. The molecule has 6 nitrogen and oxygen atoms in total. The second kappa shape index (κ2) is 10.2. The Morgan fingerprint density at radius 2 is 1.89 bits per heavy atom. The van der Waals surface area contributed by atoms with Crippen LogP contribution in [0.1, 0.15) is 29.3 Å². The first-order valence-corrected chi connectivity index (χ1v) is 8.76. The molecule has 0 bridgehead atoms. The summed E-state index contributed by atoms with van der Waals surface area (Å²) < 4.78 is 10.9. The molecule has 0 aliphatic rings. The van der Waals surface area contributed by atoms with Crippen molar-refractivity contribution in [3.8, 4) is 11.5 Å². The fourth-order valence-corrected chi connectivity index (χ4v) is 2.45. The lowest BCUT2D eigenvalue weighted by atomic mass is 10.2. The Morgan fingerprint density at radius 3 is 2.56 bits per heavy atom. The summed E-state index contributed by atoms with van der Waals surface area (Å²) in [5.74, 6) is 0.0614. The lowest BCUT2D eigenvalue weighted by molar-refractivity contribution is -0.117. The van der Waals surface area contributed by atoms with Crippen LogP contribution in [0.5, 0.6) is 11.5 Å². The molecule has 2 N–H and O–H groups in total. The van der Waals surface area contributed by atoms with Crippen LogP contribution in [-0.2, 0) is 4.79 Å². The fourth-order valence-electron chi connectivity index (χ4n) is 2.17. The van der Waals surface area contributed by atoms with Crippen LogP contribution < -0.4 is 20.3 Å². The molecule has 0 aliphatic carbocycles. The normalized spacial score (nSPS) is 10.5. The van der Waals surface area contributed by atoms with Crippen molar-refractivity contribution < 1.29 is 19.1 Å². The zero-order valence-corrected chi connectivity index (χ0v) is 15.9. The first kappa shape index (κ1) is 20.3. The van der Waals surface area contributed by atoms with Crippen LogP contribution in [-0.4, -0.2) is 25.5 Å². The molecule has 0 unspecified atom stereocenters. The van der Waals surface area contributed by atoms with Crippen molar-refractivity contribution >= 4 is 29.5 Å². The van der Waals surface area contributed by atoms with Crippen LogP contribution in [0.4, 0.5) is 0 Å². The minimum atomic E-state index is -0.485. The van der Waals surface area contributed by atoms with Crippen LogP contribution in [0.25, 0.3) is 6.08 Å². The first-order chi connectivity index (χ1) is 13.0. The van der Waals surface area contributed by atoms with E-state index in [4.69, 9.17) is 21.1 Å². The van der Waals surface area contributed by atoms with E-state index in [0.29, 0.717) is 34.3 Å². The molecule has 0 atom stereocenters. The molecule has 0 radical (unpaired) electrons. The van der Waals surface area contributed by atoms with Gasteiger partial charge >= 0.3 is 0 Å². The van der Waals surface area contributed by atoms with Gasteiger partial charge in [-0.15, -0.1) is 0 Å². The minimum Gasteiger partial charge on any atom is -0.493 e. The van der Waals surface area contributed by atoms with Gasteiger partial charge < -0.3 is 9.47 Å². The van der Waals surface area contributed by atoms with E-state index in [9.17, 15) is 9.59 Å². The Kier molecular flexibility index (Phi) is 7.70. The summed E-state index contributed by atoms with van der Waals surface area (Å²) in [6.07, 6.45) is 3.68. The molecule has 27 heavy (non-hydrogen) atoms. The molecule has 0 spiro atoms. The predicted molar refractivity (Wildman–Crippen MR) is 105 cm³/mol. The molecule has 142 valence electrons. The molecule has 2 aromatic carbocycles. The number of methoxy groups -OCH3 is 1. The maximum atomic E-state index is 11.9. The molecule has 7 heteroatoms. The Bertz CT molecular complexity index is 822. The average molecular weight is 389 g/mol. The molecule has 2 aromatic rings. The second-order valence-corrected chi connectivity index (χ2v) is 5.93. The second-order valence-electron chi connectivity index (χ2n) is 5.53. The van der Waals surface area contributed by atoms with Gasteiger partial charge in [-0.3, -0.25) is 20.4 Å². The zero-order chi connectivity index (χ0) is 19.6. The van der Waals surface area contributed by atoms with E-state index < -0.39 is 11.8 Å². The van der Waals surface area contributed by atoms with Crippen molar-refractivity contribution in [2.75, 3.05) is 13.7 Å². The summed E-state index contributed by atoms with van der Waals surface area (Å²) in [4.78, 5) is 23.8. The number of benzene rings is 2. The summed E-state index contributed by atoms with van der Waals surface area (Å²) in [6, 6.07) is 11.9. The van der Waals surface area contributed by atoms with E-state index in [2.05, 4.69) is 10.9 Å². The molecule has 0 aromatic heterocycles. The SMILES string of the molecule is CCCOc1c(Cl)cc(/C=C/C(=O)NNC(=O)c2ccccc2)cc1OC. The summed E-state index contributed by atoms with van der Waals surface area (Å²) in [6.45, 7) is 2.52. The van der Waals surface area contributed by atoms with Gasteiger partial charge in [0, 0.05) is 11.6 Å². The maximum Gasteiger partial charge on any atom is 0.269 e. The van der Waals surface area contributed by atoms with Gasteiger partial charge in [-0.2, -0.15) is 0 Å². The van der Waals surface area contributed by atoms with E-state index in [1.807, 2.05) is 6.92 Å². The topological polar surface area (TPSA) is 76.7 Å². The van der Waals surface area contributed by atoms with E-state index >= 15 is 0 Å². The van der Waals surface area contributed by atoms with Gasteiger partial charge in [0.2, 0.25) is 0 Å². The number of hydrazine groups is 1. The lowest BCUT2D eigenvalue weighted by Gasteiger charge is -2.12. The van der Waals surface area contributed by atoms with E-state index in [0.717, 1.165) is 6.42 Å². The fraction of sp³-hybridized carbons (Fsp3) is 0.200. The van der Waals surface area contributed by atoms with Crippen LogP contribution in [0.2, 0.25) is 5.02 Å². The summed E-state index contributed by atoms with van der Waals surface area (Å²) >= 11 is 6.24. The van der Waals surface area contributed by atoms with Gasteiger partial charge in [0.05, 0.1) is 18.7 Å². The van der Waals surface area contributed by atoms with Gasteiger partial charge in [0.1, 0.15) is 0 Å². The summed E-state index contributed by atoms with van der Waals surface area (Å²) in [5, 5.41) is 0.389. The van der Waals surface area contributed by atoms with Gasteiger partial charge in [-0.25, -0.2) is 0 Å². The van der Waals surface area contributed by atoms with Crippen molar-refractivity contribution in [1.82, 2.24) is 10.9 Å². The third-order valence-electron chi connectivity index (χ3n) is 3.46. The van der Waals surface area contributed by atoms with E-state index in [1.54, 1.807) is 48.5 Å². The number of hydrogen-bond acceptors (Lipinski definition) is 4. The summed E-state index contributed by atoms with van der Waals surface area (Å²) in [7, 11) is 1.52. The molecular formula is C20H21ClN2O4. The Labute approximate surface area is 163 Å². The highest BCUT2D eigenvalue weighted by Gasteiger charge is 2.11. The number of carbonyl (C=O) groups excluding carboxylic acids is 2. The molecule has 0 heterocycles. The number of nitrogens with one attached hydrogen (secondary N) is 2. The van der Waals surface area contributed by atoms with Gasteiger partial charge in [0.15, 0.2) is 11.5 Å². The van der Waals surface area contributed by atoms with Gasteiger partial charge in [-0.1, -0.05) is 36.7 Å². The van der Waals surface area contributed by atoms with E-state index in [-0.39, 0.29) is 0 Å². The van der Waals surface area contributed by atoms with Crippen molar-refractivity contribution in [2.24, 2.45) is 0 Å². The molecular weight excluding hydrogens is 368 g/mol. The molecule has 0 aliphatic heterocycles. The summed E-state index contributed by atoms with van der Waals surface area (Å²) in [5.41, 5.74) is 5.76. The van der Waals surface area contributed by atoms with Crippen molar-refractivity contribution in [1.29, 1.82) is 0 Å². The average Bonchev–Trinajstić information content (AvgIpc) is 2.69. The molecule has 0 fully saturated rings. The Hall–Kier alpha value is -2.99. The highest BCUT2D eigenvalue weighted by atomic mass is 35.5. The lowest BCUT2D eigenvalue weighted by Crippen LogP contribution is -2.40. The Balaban J connectivity index is 1.99. The first-order valence-electron chi connectivity index (χ1n) is 8.39. The predicted octanol–water partition coefficient (Wildman–Crippen LogP) is 3.61. The highest BCUT2D eigenvalue weighted by Crippen LogP contribution is 2.36. The molecule has 0 saturated heterocycles. The van der Waals surface area contributed by atoms with Gasteiger partial charge in [0.25, 0.3) is 11.8 Å². The third-order valence-corrected chi connectivity index (χ3v) is 3.75. The molecule has 0 saturated carbocycles. The quantitative estimate of drug-likeness (QED) is 0.561. The number of rotatable bonds is 7. The van der Waals surface area contributed by atoms with Crippen LogP contribution in [0.15, 0.2) is 48.5 Å². The van der Waals surface area contributed by atoms with Crippen molar-refractivity contribution in [2.45, 2.75) is 13.3 Å². The zero-order valence-electron chi connectivity index (χ0n) is 15.1. The van der Waals surface area contributed by atoms with Crippen LogP contribution in [0.3, 0.4) is 0 Å². The van der Waals surface area contributed by atoms with Gasteiger partial charge in [-0.05, 0) is 42.3 Å². The number of hydrogen-bond donors (Lipinski definition) is 2. The largest absolute Gasteiger partial charge is 0.493 e. The standard InChI is InChI=1S/C20H21ClN2O4/c1-3-11-27-19-16(21)12-14(13-17(19)26-2)9-10-18(24)22-23-20(25)15-7-5-4-6-8-15/h4-10,12-13H,3,11H2,1-2H3,(H,22,24)(H,23,25)/b10-9+. The monoisotopic (exact) mass is 388 g/mol. The molecule has 2 amide bonds. The van der Waals surface area contributed by atoms with E-state index in [1.165, 1.54) is 13.2 Å². The van der Waals surface area contributed by atoms with Crippen LogP contribution >= 0.6 is 11.6 Å². The smallest absolute Gasteiger partial charge is 0.269 e. The number of carbonyl (C=O) groups is 2. The minimum absolute atomic E-state index is 0.389. The highest BCUT2D eigenvalue weighted by molar-refractivity contribution is 6.32. The maximum absolute atomic E-state index is 11.9. The number of ether oxygens (including phenoxy) is 2.